The lowest BCUT2D eigenvalue weighted by Gasteiger charge is -2.41. The summed E-state index contributed by atoms with van der Waals surface area (Å²) in [5.74, 6) is -0.231. The van der Waals surface area contributed by atoms with E-state index < -0.39 is 21.7 Å². The second-order valence-electron chi connectivity index (χ2n) is 13.2. The maximum Gasteiger partial charge on any atom is 0.410 e. The highest BCUT2D eigenvalue weighted by Crippen LogP contribution is 2.35. The number of carbonyl (C=O) groups excluding carboxylic acids is 2. The van der Waals surface area contributed by atoms with Crippen LogP contribution >= 0.6 is 22.9 Å². The molecule has 0 radical (unpaired) electrons. The van der Waals surface area contributed by atoms with Crippen molar-refractivity contribution in [3.63, 3.8) is 0 Å². The molecule has 4 aromatic rings. The Morgan fingerprint density at radius 3 is 2.33 bits per heavy atom. The SMILES string of the molecule is CC(C)(C)OC(=O)N1CCN(C(=O)c2ncn(C3CCCN(S(=O)(=O)c4ccc(Cl)s4)C3)c2-c2ccccc2)[C@H](Cc2ccccc2)C1. The van der Waals surface area contributed by atoms with Gasteiger partial charge >= 0.3 is 6.09 Å². The lowest BCUT2D eigenvalue weighted by Crippen LogP contribution is -2.58. The van der Waals surface area contributed by atoms with Gasteiger partial charge in [-0.15, -0.1) is 11.3 Å². The first-order chi connectivity index (χ1) is 22.9. The van der Waals surface area contributed by atoms with Gasteiger partial charge in [-0.05, 0) is 57.7 Å². The number of imidazole rings is 1. The minimum absolute atomic E-state index is 0.216. The van der Waals surface area contributed by atoms with Crippen LogP contribution in [0.25, 0.3) is 11.3 Å². The van der Waals surface area contributed by atoms with Gasteiger partial charge in [0.05, 0.1) is 22.4 Å². The number of hydrogen-bond acceptors (Lipinski definition) is 7. The molecule has 2 aromatic heterocycles. The van der Waals surface area contributed by atoms with Crippen molar-refractivity contribution in [3.05, 3.63) is 94.7 Å². The van der Waals surface area contributed by atoms with E-state index in [1.54, 1.807) is 23.4 Å². The molecule has 2 atom stereocenters. The van der Waals surface area contributed by atoms with Crippen molar-refractivity contribution >= 4 is 45.0 Å². The molecule has 0 N–H and O–H groups in total. The molecule has 6 rings (SSSR count). The van der Waals surface area contributed by atoms with Gasteiger partial charge in [-0.3, -0.25) is 4.79 Å². The van der Waals surface area contributed by atoms with Crippen LogP contribution in [0.5, 0.6) is 0 Å². The molecule has 4 heterocycles. The molecule has 0 aliphatic carbocycles. The van der Waals surface area contributed by atoms with E-state index >= 15 is 0 Å². The number of sulfonamides is 1. The molecule has 48 heavy (non-hydrogen) atoms. The number of piperidine rings is 1. The number of rotatable bonds is 7. The van der Waals surface area contributed by atoms with Crippen LogP contribution in [0.3, 0.4) is 0 Å². The number of carbonyl (C=O) groups is 2. The Bertz CT molecular complexity index is 1860. The zero-order valence-electron chi connectivity index (χ0n) is 27.3. The fraction of sp³-hybridized carbons (Fsp3) is 0.400. The van der Waals surface area contributed by atoms with Gasteiger partial charge in [0.2, 0.25) is 0 Å². The molecule has 10 nitrogen and oxygen atoms in total. The van der Waals surface area contributed by atoms with Crippen LogP contribution in [0.15, 0.2) is 83.3 Å². The van der Waals surface area contributed by atoms with Crippen LogP contribution in [0.1, 0.15) is 55.7 Å². The molecular formula is C35H40ClN5O5S2. The zero-order chi connectivity index (χ0) is 34.1. The lowest BCUT2D eigenvalue weighted by molar-refractivity contribution is 0.00429. The van der Waals surface area contributed by atoms with E-state index in [0.717, 1.165) is 28.9 Å². The number of benzene rings is 2. The van der Waals surface area contributed by atoms with Crippen molar-refractivity contribution in [1.29, 1.82) is 0 Å². The summed E-state index contributed by atoms with van der Waals surface area (Å²) in [6, 6.07) is 22.1. The highest BCUT2D eigenvalue weighted by atomic mass is 35.5. The first-order valence-corrected chi connectivity index (χ1v) is 18.7. The fourth-order valence-corrected chi connectivity index (χ4v) is 9.57. The van der Waals surface area contributed by atoms with Gasteiger partial charge in [-0.25, -0.2) is 18.2 Å². The highest BCUT2D eigenvalue weighted by Gasteiger charge is 2.38. The standard InChI is InChI=1S/C35H40ClN5O5S2/c1-35(2,3)46-34(43)38-19-20-40(28(22-38)21-25-11-6-4-7-12-25)33(42)31-32(26-13-8-5-9-14-26)41(24-37-31)27-15-10-18-39(23-27)48(44,45)30-17-16-29(36)47-30/h4-9,11-14,16-17,24,27-28H,10,15,18-23H2,1-3H3/t27?,28-/m1/s1. The number of halogens is 1. The summed E-state index contributed by atoms with van der Waals surface area (Å²) < 4.78 is 36.9. The summed E-state index contributed by atoms with van der Waals surface area (Å²) in [6.45, 7) is 7.13. The molecule has 0 bridgehead atoms. The Balaban J connectivity index is 1.32. The molecule has 254 valence electrons. The smallest absolute Gasteiger partial charge is 0.410 e. The number of aromatic nitrogens is 2. The third-order valence-corrected chi connectivity index (χ3v) is 12.2. The van der Waals surface area contributed by atoms with Crippen LogP contribution in [0.2, 0.25) is 4.34 Å². The summed E-state index contributed by atoms with van der Waals surface area (Å²) in [4.78, 5) is 35.9. The summed E-state index contributed by atoms with van der Waals surface area (Å²) in [5, 5.41) is 0. The Morgan fingerprint density at radius 2 is 1.67 bits per heavy atom. The average molecular weight is 710 g/mol. The lowest BCUT2D eigenvalue weighted by atomic mass is 10.0. The normalized spacial score (nSPS) is 19.3. The van der Waals surface area contributed by atoms with Crippen LogP contribution in [0, 0.1) is 0 Å². The number of nitrogens with zero attached hydrogens (tertiary/aromatic N) is 5. The van der Waals surface area contributed by atoms with Crippen LogP contribution in [0.4, 0.5) is 4.79 Å². The third-order valence-electron chi connectivity index (χ3n) is 8.65. The Morgan fingerprint density at radius 1 is 0.958 bits per heavy atom. The van der Waals surface area contributed by atoms with Gasteiger partial charge in [0.15, 0.2) is 5.69 Å². The molecule has 2 fully saturated rings. The molecule has 2 aliphatic heterocycles. The molecule has 0 saturated carbocycles. The number of ether oxygens (including phenoxy) is 1. The molecule has 0 spiro atoms. The topological polar surface area (TPSA) is 105 Å². The monoisotopic (exact) mass is 709 g/mol. The van der Waals surface area contributed by atoms with E-state index in [1.165, 1.54) is 4.31 Å². The van der Waals surface area contributed by atoms with Gasteiger partial charge < -0.3 is 19.1 Å². The molecule has 2 saturated heterocycles. The number of thiophene rings is 1. The van der Waals surface area contributed by atoms with Crippen molar-refractivity contribution in [3.8, 4) is 11.3 Å². The summed E-state index contributed by atoms with van der Waals surface area (Å²) in [6.07, 6.45) is 3.21. The number of hydrogen-bond donors (Lipinski definition) is 0. The zero-order valence-corrected chi connectivity index (χ0v) is 29.7. The molecule has 2 aliphatic rings. The van der Waals surface area contributed by atoms with E-state index in [9.17, 15) is 18.0 Å². The summed E-state index contributed by atoms with van der Waals surface area (Å²) >= 11 is 7.13. The predicted octanol–water partition coefficient (Wildman–Crippen LogP) is 6.60. The Hall–Kier alpha value is -3.71. The van der Waals surface area contributed by atoms with Crippen molar-refractivity contribution in [2.45, 2.75) is 61.9 Å². The first kappa shape index (κ1) is 34.2. The highest BCUT2D eigenvalue weighted by molar-refractivity contribution is 7.91. The van der Waals surface area contributed by atoms with Crippen LogP contribution in [-0.2, 0) is 21.2 Å². The molecule has 2 amide bonds. The van der Waals surface area contributed by atoms with Crippen molar-refractivity contribution in [1.82, 2.24) is 23.7 Å². The minimum Gasteiger partial charge on any atom is -0.444 e. The van der Waals surface area contributed by atoms with Gasteiger partial charge in [0.1, 0.15) is 9.81 Å². The van der Waals surface area contributed by atoms with Crippen LogP contribution < -0.4 is 0 Å². The van der Waals surface area contributed by atoms with Crippen molar-refractivity contribution in [2.75, 3.05) is 32.7 Å². The van der Waals surface area contributed by atoms with E-state index in [0.29, 0.717) is 54.7 Å². The summed E-state index contributed by atoms with van der Waals surface area (Å²) in [7, 11) is -3.73. The van der Waals surface area contributed by atoms with E-state index in [1.807, 2.05) is 90.9 Å². The minimum atomic E-state index is -3.73. The Labute approximate surface area is 290 Å². The van der Waals surface area contributed by atoms with Gasteiger partial charge in [-0.2, -0.15) is 4.31 Å². The van der Waals surface area contributed by atoms with Crippen molar-refractivity contribution < 1.29 is 22.7 Å². The van der Waals surface area contributed by atoms with Crippen LogP contribution in [-0.4, -0.2) is 88.4 Å². The first-order valence-electron chi connectivity index (χ1n) is 16.1. The van der Waals surface area contributed by atoms with E-state index in [-0.39, 0.29) is 28.7 Å². The molecular weight excluding hydrogens is 670 g/mol. The second kappa shape index (κ2) is 14.0. The van der Waals surface area contributed by atoms with E-state index in [4.69, 9.17) is 21.3 Å². The quantitative estimate of drug-likeness (QED) is 0.214. The predicted molar refractivity (Wildman–Crippen MR) is 187 cm³/mol. The second-order valence-corrected chi connectivity index (χ2v) is 17.1. The third kappa shape index (κ3) is 7.46. The van der Waals surface area contributed by atoms with Crippen molar-refractivity contribution in [2.24, 2.45) is 0 Å². The van der Waals surface area contributed by atoms with E-state index in [2.05, 4.69) is 0 Å². The maximum absolute atomic E-state index is 14.6. The molecule has 13 heteroatoms. The molecule has 2 aromatic carbocycles. The van der Waals surface area contributed by atoms with Gasteiger partial charge in [0.25, 0.3) is 15.9 Å². The average Bonchev–Trinajstić information content (AvgIpc) is 3.72. The largest absolute Gasteiger partial charge is 0.444 e. The molecule has 1 unspecified atom stereocenters. The summed E-state index contributed by atoms with van der Waals surface area (Å²) in [5.41, 5.74) is 2.18. The number of piperazine rings is 1. The van der Waals surface area contributed by atoms with Gasteiger partial charge in [-0.1, -0.05) is 72.3 Å². The Kier molecular flexibility index (Phi) is 9.98. The van der Waals surface area contributed by atoms with Gasteiger partial charge in [0, 0.05) is 44.3 Å². The number of amides is 2. The maximum atomic E-state index is 14.6. The fourth-order valence-electron chi connectivity index (χ4n) is 6.42.